The molecule has 0 aliphatic heterocycles. The molecule has 0 fully saturated rings. The highest BCUT2D eigenvalue weighted by molar-refractivity contribution is 5.92. The number of carboxylic acids is 1. The lowest BCUT2D eigenvalue weighted by atomic mass is 10.1. The summed E-state index contributed by atoms with van der Waals surface area (Å²) in [6.45, 7) is 1.33. The maximum Gasteiger partial charge on any atom is 0.337 e. The van der Waals surface area contributed by atoms with E-state index >= 15 is 0 Å². The van der Waals surface area contributed by atoms with E-state index in [2.05, 4.69) is 10.1 Å². The van der Waals surface area contributed by atoms with E-state index in [1.54, 1.807) is 0 Å². The highest BCUT2D eigenvalue weighted by Gasteiger charge is 2.20. The van der Waals surface area contributed by atoms with Gasteiger partial charge in [-0.1, -0.05) is 0 Å². The molecule has 0 aliphatic carbocycles. The first-order valence-corrected chi connectivity index (χ1v) is 5.23. The fraction of sp³-hybridized carbons (Fsp3) is 0.273. The minimum absolute atomic E-state index is 0.0530. The number of nitrogens with zero attached hydrogens (tertiary/aromatic N) is 1. The van der Waals surface area contributed by atoms with Crippen LogP contribution in [0, 0.1) is 10.1 Å². The van der Waals surface area contributed by atoms with Crippen molar-refractivity contribution >= 4 is 23.3 Å². The Balaban J connectivity index is 3.19. The molecule has 1 aromatic rings. The summed E-state index contributed by atoms with van der Waals surface area (Å²) in [4.78, 5) is 32.2. The lowest BCUT2D eigenvalue weighted by Crippen LogP contribution is -2.26. The van der Waals surface area contributed by atoms with Gasteiger partial charge in [0, 0.05) is 6.07 Å². The molecular formula is C11H12N2O6. The van der Waals surface area contributed by atoms with E-state index in [9.17, 15) is 19.7 Å². The first-order chi connectivity index (χ1) is 8.86. The Morgan fingerprint density at radius 3 is 2.58 bits per heavy atom. The quantitative estimate of drug-likeness (QED) is 0.468. The second-order valence-corrected chi connectivity index (χ2v) is 3.68. The summed E-state index contributed by atoms with van der Waals surface area (Å²) >= 11 is 0. The van der Waals surface area contributed by atoms with E-state index in [-0.39, 0.29) is 16.9 Å². The van der Waals surface area contributed by atoms with Crippen LogP contribution in [0.25, 0.3) is 0 Å². The molecule has 1 rings (SSSR count). The number of methoxy groups -OCH3 is 1. The Bertz CT molecular complexity index is 528. The van der Waals surface area contributed by atoms with Gasteiger partial charge in [-0.05, 0) is 19.1 Å². The number of hydrogen-bond donors (Lipinski definition) is 2. The molecule has 0 aliphatic rings. The van der Waals surface area contributed by atoms with E-state index in [0.29, 0.717) is 0 Å². The molecule has 1 atom stereocenters. The number of rotatable bonds is 5. The zero-order valence-corrected chi connectivity index (χ0v) is 10.2. The van der Waals surface area contributed by atoms with Crippen molar-refractivity contribution in [3.8, 4) is 0 Å². The number of anilines is 1. The number of aliphatic carboxylic acids is 1. The molecule has 0 aromatic heterocycles. The summed E-state index contributed by atoms with van der Waals surface area (Å²) in [7, 11) is 1.18. The Labute approximate surface area is 108 Å². The minimum Gasteiger partial charge on any atom is -0.480 e. The molecule has 8 nitrogen and oxygen atoms in total. The van der Waals surface area contributed by atoms with E-state index in [1.165, 1.54) is 26.2 Å². The zero-order chi connectivity index (χ0) is 14.6. The Hall–Kier alpha value is -2.64. The van der Waals surface area contributed by atoms with Crippen molar-refractivity contribution in [3.05, 3.63) is 33.9 Å². The van der Waals surface area contributed by atoms with Crippen LogP contribution in [0.4, 0.5) is 11.4 Å². The first kappa shape index (κ1) is 14.4. The van der Waals surface area contributed by atoms with E-state index in [0.717, 1.165) is 6.07 Å². The second kappa shape index (κ2) is 5.80. The Morgan fingerprint density at radius 2 is 2.11 bits per heavy atom. The molecule has 0 heterocycles. The number of hydrogen-bond acceptors (Lipinski definition) is 6. The van der Waals surface area contributed by atoms with Crippen LogP contribution in [0.1, 0.15) is 17.3 Å². The fourth-order valence-electron chi connectivity index (χ4n) is 1.35. The summed E-state index contributed by atoms with van der Waals surface area (Å²) < 4.78 is 4.49. The highest BCUT2D eigenvalue weighted by Crippen LogP contribution is 2.26. The van der Waals surface area contributed by atoms with Crippen molar-refractivity contribution in [2.45, 2.75) is 13.0 Å². The van der Waals surface area contributed by atoms with Gasteiger partial charge in [0.2, 0.25) is 0 Å². The summed E-state index contributed by atoms with van der Waals surface area (Å²) in [5.41, 5.74) is -0.281. The SMILES string of the molecule is COC(=O)c1ccc([N+](=O)[O-])c(NC(C)C(=O)O)c1. The third-order valence-corrected chi connectivity index (χ3v) is 2.36. The number of esters is 1. The predicted octanol–water partition coefficient (Wildman–Crippen LogP) is 1.27. The number of nitro groups is 1. The van der Waals surface area contributed by atoms with Gasteiger partial charge < -0.3 is 15.2 Å². The fourth-order valence-corrected chi connectivity index (χ4v) is 1.35. The van der Waals surface area contributed by atoms with Gasteiger partial charge in [-0.3, -0.25) is 14.9 Å². The van der Waals surface area contributed by atoms with Crippen LogP contribution in [0.5, 0.6) is 0 Å². The number of nitrogens with one attached hydrogen (secondary N) is 1. The Morgan fingerprint density at radius 1 is 1.47 bits per heavy atom. The van der Waals surface area contributed by atoms with E-state index in [4.69, 9.17) is 5.11 Å². The van der Waals surface area contributed by atoms with Crippen molar-refractivity contribution in [2.75, 3.05) is 12.4 Å². The smallest absolute Gasteiger partial charge is 0.337 e. The molecule has 0 saturated heterocycles. The largest absolute Gasteiger partial charge is 0.480 e. The van der Waals surface area contributed by atoms with Crippen LogP contribution < -0.4 is 5.32 Å². The lowest BCUT2D eigenvalue weighted by molar-refractivity contribution is -0.384. The maximum atomic E-state index is 11.3. The van der Waals surface area contributed by atoms with E-state index < -0.39 is 22.9 Å². The number of nitro benzene ring substituents is 1. The highest BCUT2D eigenvalue weighted by atomic mass is 16.6. The van der Waals surface area contributed by atoms with Gasteiger partial charge in [-0.2, -0.15) is 0 Å². The molecular weight excluding hydrogens is 256 g/mol. The average molecular weight is 268 g/mol. The lowest BCUT2D eigenvalue weighted by Gasteiger charge is -2.11. The molecule has 0 radical (unpaired) electrons. The van der Waals surface area contributed by atoms with Crippen molar-refractivity contribution < 1.29 is 24.4 Å². The second-order valence-electron chi connectivity index (χ2n) is 3.68. The number of ether oxygens (including phenoxy) is 1. The van der Waals surface area contributed by atoms with Crippen molar-refractivity contribution in [3.63, 3.8) is 0 Å². The third kappa shape index (κ3) is 3.41. The van der Waals surface area contributed by atoms with Gasteiger partial charge in [-0.15, -0.1) is 0 Å². The minimum atomic E-state index is -1.17. The van der Waals surface area contributed by atoms with Crippen LogP contribution in [-0.4, -0.2) is 35.1 Å². The zero-order valence-electron chi connectivity index (χ0n) is 10.2. The molecule has 1 aromatic carbocycles. The molecule has 19 heavy (non-hydrogen) atoms. The number of carboxylic acid groups (broad SMARTS) is 1. The monoisotopic (exact) mass is 268 g/mol. The van der Waals surface area contributed by atoms with Gasteiger partial charge in [0.1, 0.15) is 11.7 Å². The van der Waals surface area contributed by atoms with Crippen LogP contribution in [0.3, 0.4) is 0 Å². The van der Waals surface area contributed by atoms with Crippen LogP contribution in [-0.2, 0) is 9.53 Å². The summed E-state index contributed by atoms with van der Waals surface area (Å²) in [6, 6.07) is 2.50. The predicted molar refractivity (Wildman–Crippen MR) is 65.2 cm³/mol. The number of benzene rings is 1. The van der Waals surface area contributed by atoms with Crippen LogP contribution in [0.15, 0.2) is 18.2 Å². The molecule has 1 unspecified atom stereocenters. The third-order valence-electron chi connectivity index (χ3n) is 2.36. The molecule has 0 bridgehead atoms. The number of carbonyl (C=O) groups is 2. The maximum absolute atomic E-state index is 11.3. The first-order valence-electron chi connectivity index (χ1n) is 5.23. The molecule has 0 amide bonds. The summed E-state index contributed by atoms with van der Waals surface area (Å²) in [5.74, 6) is -1.83. The van der Waals surface area contributed by atoms with Gasteiger partial charge >= 0.3 is 11.9 Å². The standard InChI is InChI=1S/C11H12N2O6/c1-6(10(14)15)12-8-5-7(11(16)19-2)3-4-9(8)13(17)18/h3-6,12H,1-2H3,(H,14,15). The topological polar surface area (TPSA) is 119 Å². The average Bonchev–Trinajstić information content (AvgIpc) is 2.37. The Kier molecular flexibility index (Phi) is 4.41. The molecule has 2 N–H and O–H groups in total. The molecule has 8 heteroatoms. The molecule has 102 valence electrons. The van der Waals surface area contributed by atoms with Crippen molar-refractivity contribution in [1.29, 1.82) is 0 Å². The van der Waals surface area contributed by atoms with Crippen molar-refractivity contribution in [2.24, 2.45) is 0 Å². The van der Waals surface area contributed by atoms with Gasteiger partial charge in [0.25, 0.3) is 5.69 Å². The molecule has 0 spiro atoms. The van der Waals surface area contributed by atoms with Crippen LogP contribution in [0.2, 0.25) is 0 Å². The summed E-state index contributed by atoms with van der Waals surface area (Å²) in [5, 5.41) is 22.1. The molecule has 0 saturated carbocycles. The van der Waals surface area contributed by atoms with Gasteiger partial charge in [0.15, 0.2) is 0 Å². The summed E-state index contributed by atoms with van der Waals surface area (Å²) in [6.07, 6.45) is 0. The van der Waals surface area contributed by atoms with Gasteiger partial charge in [0.05, 0.1) is 17.6 Å². The van der Waals surface area contributed by atoms with E-state index in [1.807, 2.05) is 0 Å². The van der Waals surface area contributed by atoms with Crippen molar-refractivity contribution in [1.82, 2.24) is 0 Å². The van der Waals surface area contributed by atoms with Crippen LogP contribution >= 0.6 is 0 Å². The van der Waals surface area contributed by atoms with Gasteiger partial charge in [-0.25, -0.2) is 4.79 Å². The normalized spacial score (nSPS) is 11.5. The number of carbonyl (C=O) groups excluding carboxylic acids is 1.